The molecule has 0 saturated carbocycles. The van der Waals surface area contributed by atoms with E-state index in [9.17, 15) is 24.3 Å². The highest BCUT2D eigenvalue weighted by Gasteiger charge is 2.26. The number of carboxylic acids is 1. The average molecular weight is 380 g/mol. The molecule has 26 heavy (non-hydrogen) atoms. The molecule has 0 saturated heterocycles. The molecule has 1 aromatic rings. The number of carboxylic acid groups (broad SMARTS) is 1. The lowest BCUT2D eigenvalue weighted by Gasteiger charge is -2.21. The minimum absolute atomic E-state index is 0.0158. The minimum atomic E-state index is -1.16. The predicted octanol–water partition coefficient (Wildman–Crippen LogP) is 0.972. The minimum Gasteiger partial charge on any atom is -0.480 e. The third kappa shape index (κ3) is 8.15. The first kappa shape index (κ1) is 21.7. The van der Waals surface area contributed by atoms with Crippen molar-refractivity contribution < 1.29 is 24.3 Å². The van der Waals surface area contributed by atoms with Crippen LogP contribution in [0.4, 0.5) is 0 Å². The molecule has 1 rings (SSSR count). The standard InChI is InChI=1S/C18H24N2O5S/c1-12(21)7-8-16(22)19-14(9-10-26)17(23)20-15(18(24)25)11-13-5-3-2-4-6-13/h2-6,14-15,26H,7-11H2,1H3,(H,19,22)(H,20,23)(H,24,25)/t14?,15-/m1/s1. The van der Waals surface area contributed by atoms with Crippen molar-refractivity contribution in [1.82, 2.24) is 10.6 Å². The van der Waals surface area contributed by atoms with Gasteiger partial charge in [0.15, 0.2) is 0 Å². The van der Waals surface area contributed by atoms with Crippen LogP contribution in [-0.2, 0) is 25.6 Å². The first-order chi connectivity index (χ1) is 12.3. The van der Waals surface area contributed by atoms with Crippen molar-refractivity contribution in [3.8, 4) is 0 Å². The summed E-state index contributed by atoms with van der Waals surface area (Å²) in [6, 6.07) is 6.93. The van der Waals surface area contributed by atoms with Crippen LogP contribution < -0.4 is 10.6 Å². The molecule has 0 aliphatic heterocycles. The number of aliphatic carboxylic acids is 1. The number of carbonyl (C=O) groups is 4. The van der Waals surface area contributed by atoms with Gasteiger partial charge >= 0.3 is 5.97 Å². The Kier molecular flexibility index (Phi) is 9.43. The number of hydrogen-bond donors (Lipinski definition) is 4. The maximum atomic E-state index is 12.4. The number of amides is 2. The molecule has 3 N–H and O–H groups in total. The Bertz CT molecular complexity index is 636. The third-order valence-corrected chi connectivity index (χ3v) is 3.93. The summed E-state index contributed by atoms with van der Waals surface area (Å²) in [7, 11) is 0. The largest absolute Gasteiger partial charge is 0.480 e. The van der Waals surface area contributed by atoms with Crippen molar-refractivity contribution in [2.75, 3.05) is 5.75 Å². The summed E-state index contributed by atoms with van der Waals surface area (Å²) in [4.78, 5) is 46.7. The third-order valence-electron chi connectivity index (χ3n) is 3.67. The van der Waals surface area contributed by atoms with Gasteiger partial charge in [-0.3, -0.25) is 9.59 Å². The van der Waals surface area contributed by atoms with Crippen molar-refractivity contribution >= 4 is 36.2 Å². The first-order valence-corrected chi connectivity index (χ1v) is 8.93. The fourth-order valence-corrected chi connectivity index (χ4v) is 2.53. The molecule has 0 aliphatic rings. The molecule has 0 aliphatic carbocycles. The molecule has 142 valence electrons. The van der Waals surface area contributed by atoms with E-state index in [2.05, 4.69) is 23.3 Å². The molecule has 7 nitrogen and oxygen atoms in total. The second-order valence-electron chi connectivity index (χ2n) is 5.92. The van der Waals surface area contributed by atoms with Crippen molar-refractivity contribution in [3.05, 3.63) is 35.9 Å². The van der Waals surface area contributed by atoms with Gasteiger partial charge in [-0.05, 0) is 24.7 Å². The molecule has 0 bridgehead atoms. The molecule has 0 radical (unpaired) electrons. The quantitative estimate of drug-likeness (QED) is 0.428. The predicted molar refractivity (Wildman–Crippen MR) is 100 cm³/mol. The lowest BCUT2D eigenvalue weighted by Crippen LogP contribution is -2.52. The summed E-state index contributed by atoms with van der Waals surface area (Å²) in [6.45, 7) is 1.38. The van der Waals surface area contributed by atoms with E-state index < -0.39 is 29.9 Å². The van der Waals surface area contributed by atoms with E-state index in [-0.39, 0.29) is 31.5 Å². The van der Waals surface area contributed by atoms with Gasteiger partial charge in [-0.15, -0.1) is 0 Å². The summed E-state index contributed by atoms with van der Waals surface area (Å²) in [5, 5.41) is 14.4. The van der Waals surface area contributed by atoms with Gasteiger partial charge in [-0.1, -0.05) is 30.3 Å². The van der Waals surface area contributed by atoms with E-state index in [4.69, 9.17) is 0 Å². The van der Waals surface area contributed by atoms with Crippen LogP contribution in [0.1, 0.15) is 31.7 Å². The van der Waals surface area contributed by atoms with E-state index in [0.29, 0.717) is 5.75 Å². The average Bonchev–Trinajstić information content (AvgIpc) is 2.59. The van der Waals surface area contributed by atoms with Gasteiger partial charge in [-0.25, -0.2) is 4.79 Å². The number of thiol groups is 1. The van der Waals surface area contributed by atoms with Crippen LogP contribution in [0.25, 0.3) is 0 Å². The molecule has 1 aromatic carbocycles. The van der Waals surface area contributed by atoms with Crippen molar-refractivity contribution in [2.45, 2.75) is 44.7 Å². The second-order valence-corrected chi connectivity index (χ2v) is 6.37. The highest BCUT2D eigenvalue weighted by Crippen LogP contribution is 2.05. The zero-order valence-corrected chi connectivity index (χ0v) is 15.5. The van der Waals surface area contributed by atoms with Crippen LogP contribution in [0.5, 0.6) is 0 Å². The molecule has 2 atom stereocenters. The lowest BCUT2D eigenvalue weighted by molar-refractivity contribution is -0.142. The summed E-state index contributed by atoms with van der Waals surface area (Å²) in [6.07, 6.45) is 0.455. The Balaban J connectivity index is 2.71. The van der Waals surface area contributed by atoms with Crippen LogP contribution in [0, 0.1) is 0 Å². The maximum Gasteiger partial charge on any atom is 0.326 e. The number of hydrogen-bond acceptors (Lipinski definition) is 5. The fourth-order valence-electron chi connectivity index (χ4n) is 2.28. The van der Waals surface area contributed by atoms with Gasteiger partial charge in [-0.2, -0.15) is 12.6 Å². The van der Waals surface area contributed by atoms with Gasteiger partial charge in [0.2, 0.25) is 11.8 Å². The molecule has 2 amide bonds. The molecule has 0 fully saturated rings. The van der Waals surface area contributed by atoms with Crippen LogP contribution in [0.3, 0.4) is 0 Å². The van der Waals surface area contributed by atoms with Gasteiger partial charge in [0.1, 0.15) is 17.9 Å². The molecule has 0 spiro atoms. The number of ketones is 1. The first-order valence-electron chi connectivity index (χ1n) is 8.30. The summed E-state index contributed by atoms with van der Waals surface area (Å²) >= 11 is 4.07. The smallest absolute Gasteiger partial charge is 0.326 e. The molecular formula is C18H24N2O5S. The second kappa shape index (κ2) is 11.3. The zero-order chi connectivity index (χ0) is 19.5. The normalized spacial score (nSPS) is 12.7. The number of rotatable bonds is 11. The lowest BCUT2D eigenvalue weighted by atomic mass is 10.1. The Morgan fingerprint density at radius 3 is 2.23 bits per heavy atom. The molecular weight excluding hydrogens is 356 g/mol. The summed E-state index contributed by atoms with van der Waals surface area (Å²) < 4.78 is 0. The summed E-state index contributed by atoms with van der Waals surface area (Å²) in [5.74, 6) is -1.96. The van der Waals surface area contributed by atoms with Crippen molar-refractivity contribution in [3.63, 3.8) is 0 Å². The SMILES string of the molecule is CC(=O)CCC(=O)NC(CCS)C(=O)N[C@H](Cc1ccccc1)C(=O)O. The molecule has 1 unspecified atom stereocenters. The van der Waals surface area contributed by atoms with Crippen LogP contribution in [0.2, 0.25) is 0 Å². The van der Waals surface area contributed by atoms with Gasteiger partial charge < -0.3 is 20.5 Å². The maximum absolute atomic E-state index is 12.4. The Labute approximate surface area is 158 Å². The number of nitrogens with one attached hydrogen (secondary N) is 2. The fraction of sp³-hybridized carbons (Fsp3) is 0.444. The highest BCUT2D eigenvalue weighted by atomic mass is 32.1. The van der Waals surface area contributed by atoms with E-state index in [0.717, 1.165) is 5.56 Å². The number of benzene rings is 1. The van der Waals surface area contributed by atoms with Crippen molar-refractivity contribution in [1.29, 1.82) is 0 Å². The monoisotopic (exact) mass is 380 g/mol. The van der Waals surface area contributed by atoms with E-state index in [1.807, 2.05) is 6.07 Å². The van der Waals surface area contributed by atoms with E-state index >= 15 is 0 Å². The zero-order valence-electron chi connectivity index (χ0n) is 14.6. The molecule has 0 heterocycles. The topological polar surface area (TPSA) is 113 Å². The van der Waals surface area contributed by atoms with Gasteiger partial charge in [0, 0.05) is 19.3 Å². The molecule has 0 aromatic heterocycles. The highest BCUT2D eigenvalue weighted by molar-refractivity contribution is 7.80. The van der Waals surface area contributed by atoms with E-state index in [1.54, 1.807) is 24.3 Å². The Morgan fingerprint density at radius 1 is 1.04 bits per heavy atom. The van der Waals surface area contributed by atoms with Crippen LogP contribution >= 0.6 is 12.6 Å². The Hall–Kier alpha value is -2.35. The molecule has 8 heteroatoms. The number of carbonyl (C=O) groups excluding carboxylic acids is 3. The van der Waals surface area contributed by atoms with Crippen LogP contribution in [-0.4, -0.2) is 46.5 Å². The Morgan fingerprint density at radius 2 is 1.69 bits per heavy atom. The van der Waals surface area contributed by atoms with Gasteiger partial charge in [0.05, 0.1) is 0 Å². The van der Waals surface area contributed by atoms with Crippen LogP contribution in [0.15, 0.2) is 30.3 Å². The van der Waals surface area contributed by atoms with Crippen molar-refractivity contribution in [2.24, 2.45) is 0 Å². The van der Waals surface area contributed by atoms with Gasteiger partial charge in [0.25, 0.3) is 0 Å². The summed E-state index contributed by atoms with van der Waals surface area (Å²) in [5.41, 5.74) is 0.774. The van der Waals surface area contributed by atoms with E-state index in [1.165, 1.54) is 6.92 Å². The number of Topliss-reactive ketones (excluding diaryl/α,β-unsaturated/α-hetero) is 1.